The second kappa shape index (κ2) is 8.03. The van der Waals surface area contributed by atoms with Crippen molar-refractivity contribution in [2.45, 2.75) is 32.8 Å². The lowest BCUT2D eigenvalue weighted by molar-refractivity contribution is -0.128. The van der Waals surface area contributed by atoms with Crippen molar-refractivity contribution in [3.8, 4) is 5.75 Å². The molecule has 1 rings (SSSR count). The van der Waals surface area contributed by atoms with Gasteiger partial charge in [-0.1, -0.05) is 13.8 Å². The van der Waals surface area contributed by atoms with Crippen LogP contribution in [-0.2, 0) is 14.8 Å². The summed E-state index contributed by atoms with van der Waals surface area (Å²) in [4.78, 5) is 11.9. The number of benzene rings is 1. The van der Waals surface area contributed by atoms with Crippen LogP contribution in [0.2, 0.25) is 0 Å². The van der Waals surface area contributed by atoms with E-state index in [2.05, 4.69) is 5.32 Å². The Morgan fingerprint density at radius 2 is 1.86 bits per heavy atom. The van der Waals surface area contributed by atoms with E-state index in [-0.39, 0.29) is 5.91 Å². The van der Waals surface area contributed by atoms with Crippen LogP contribution in [0.15, 0.2) is 24.3 Å². The van der Waals surface area contributed by atoms with E-state index in [0.717, 1.165) is 12.7 Å². The quantitative estimate of drug-likeness (QED) is 0.789. The van der Waals surface area contributed by atoms with Crippen LogP contribution in [0.4, 0.5) is 5.69 Å². The van der Waals surface area contributed by atoms with E-state index in [0.29, 0.717) is 24.4 Å². The van der Waals surface area contributed by atoms with Gasteiger partial charge >= 0.3 is 0 Å². The molecule has 124 valence electrons. The van der Waals surface area contributed by atoms with Gasteiger partial charge in [-0.05, 0) is 37.1 Å². The second-order valence-corrected chi connectivity index (χ2v) is 7.04. The smallest absolute Gasteiger partial charge is 0.261 e. The van der Waals surface area contributed by atoms with Crippen LogP contribution in [0, 0.1) is 0 Å². The maximum atomic E-state index is 11.9. The summed E-state index contributed by atoms with van der Waals surface area (Å²) in [5, 5.41) is 2.80. The third-order valence-electron chi connectivity index (χ3n) is 3.19. The highest BCUT2D eigenvalue weighted by Gasteiger charge is 2.18. The fourth-order valence-corrected chi connectivity index (χ4v) is 2.28. The highest BCUT2D eigenvalue weighted by molar-refractivity contribution is 7.92. The molecule has 0 heterocycles. The van der Waals surface area contributed by atoms with Gasteiger partial charge in [-0.3, -0.25) is 9.10 Å². The van der Waals surface area contributed by atoms with Gasteiger partial charge in [-0.2, -0.15) is 0 Å². The van der Waals surface area contributed by atoms with Crippen LogP contribution in [0.3, 0.4) is 0 Å². The largest absolute Gasteiger partial charge is 0.481 e. The number of nitrogens with one attached hydrogen (secondary N) is 1. The average molecular weight is 328 g/mol. The molecular formula is C15H24N2O4S. The van der Waals surface area contributed by atoms with Gasteiger partial charge in [-0.15, -0.1) is 0 Å². The Labute approximate surface area is 132 Å². The molecule has 1 amide bonds. The molecule has 0 radical (unpaired) electrons. The molecule has 0 unspecified atom stereocenters. The topological polar surface area (TPSA) is 75.7 Å². The van der Waals surface area contributed by atoms with Gasteiger partial charge in [0.05, 0.1) is 11.9 Å². The third kappa shape index (κ3) is 5.22. The summed E-state index contributed by atoms with van der Waals surface area (Å²) in [6.07, 6.45) is 2.02. The normalized spacial score (nSPS) is 12.5. The molecule has 6 nitrogen and oxygen atoms in total. The zero-order chi connectivity index (χ0) is 16.8. The number of hydrogen-bond donors (Lipinski definition) is 1. The number of nitrogens with zero attached hydrogens (tertiary/aromatic N) is 1. The van der Waals surface area contributed by atoms with Gasteiger partial charge in [0.1, 0.15) is 5.75 Å². The van der Waals surface area contributed by atoms with Crippen LogP contribution in [0.25, 0.3) is 0 Å². The van der Waals surface area contributed by atoms with Crippen molar-refractivity contribution in [2.24, 2.45) is 0 Å². The van der Waals surface area contributed by atoms with Crippen molar-refractivity contribution in [2.75, 3.05) is 24.2 Å². The molecule has 0 aliphatic heterocycles. The number of anilines is 1. The molecule has 1 aromatic rings. The number of ether oxygens (including phenoxy) is 1. The second-order valence-electron chi connectivity index (χ2n) is 5.03. The van der Waals surface area contributed by atoms with Crippen molar-refractivity contribution in [1.29, 1.82) is 0 Å². The molecule has 0 spiro atoms. The number of carbonyl (C=O) groups excluding carboxylic acids is 1. The van der Waals surface area contributed by atoms with Crippen LogP contribution in [0.1, 0.15) is 26.7 Å². The Bertz CT molecular complexity index is 584. The zero-order valence-electron chi connectivity index (χ0n) is 13.5. The van der Waals surface area contributed by atoms with Crippen molar-refractivity contribution in [1.82, 2.24) is 5.32 Å². The van der Waals surface area contributed by atoms with E-state index in [1.807, 2.05) is 13.8 Å². The van der Waals surface area contributed by atoms with Gasteiger partial charge in [0.2, 0.25) is 10.0 Å². The fraction of sp³-hybridized carbons (Fsp3) is 0.533. The predicted octanol–water partition coefficient (Wildman–Crippen LogP) is 1.77. The molecule has 0 saturated carbocycles. The summed E-state index contributed by atoms with van der Waals surface area (Å²) in [7, 11) is -1.81. The van der Waals surface area contributed by atoms with E-state index < -0.39 is 16.1 Å². The van der Waals surface area contributed by atoms with E-state index in [9.17, 15) is 13.2 Å². The Balaban J connectivity index is 2.76. The molecule has 0 saturated heterocycles. The van der Waals surface area contributed by atoms with E-state index in [4.69, 9.17) is 4.74 Å². The Kier molecular flexibility index (Phi) is 6.67. The maximum absolute atomic E-state index is 11.9. The zero-order valence-corrected chi connectivity index (χ0v) is 14.3. The molecule has 0 aliphatic carbocycles. The van der Waals surface area contributed by atoms with Crippen molar-refractivity contribution >= 4 is 21.6 Å². The van der Waals surface area contributed by atoms with E-state index >= 15 is 0 Å². The standard InChI is InChI=1S/C15H24N2O4S/c1-5-11-16-15(18)14(6-2)21-13-9-7-12(8-10-13)17(3)22(4,19)20/h7-10,14H,5-6,11H2,1-4H3,(H,16,18)/t14-/m0/s1. The lowest BCUT2D eigenvalue weighted by atomic mass is 10.2. The Morgan fingerprint density at radius 3 is 2.32 bits per heavy atom. The lowest BCUT2D eigenvalue weighted by Crippen LogP contribution is -2.38. The number of rotatable bonds is 8. The summed E-state index contributed by atoms with van der Waals surface area (Å²) in [5.74, 6) is 0.394. The van der Waals surface area contributed by atoms with Gasteiger partial charge in [0, 0.05) is 13.6 Å². The monoisotopic (exact) mass is 328 g/mol. The Hall–Kier alpha value is -1.76. The molecule has 0 aliphatic rings. The van der Waals surface area contributed by atoms with Gasteiger partial charge < -0.3 is 10.1 Å². The first-order valence-electron chi connectivity index (χ1n) is 7.27. The number of sulfonamides is 1. The van der Waals surface area contributed by atoms with Crippen molar-refractivity contribution in [3.63, 3.8) is 0 Å². The van der Waals surface area contributed by atoms with Crippen LogP contribution in [0.5, 0.6) is 5.75 Å². The first-order valence-corrected chi connectivity index (χ1v) is 9.12. The molecule has 1 aromatic carbocycles. The summed E-state index contributed by atoms with van der Waals surface area (Å²) in [6.45, 7) is 4.48. The minimum atomic E-state index is -3.29. The van der Waals surface area contributed by atoms with Crippen LogP contribution >= 0.6 is 0 Å². The van der Waals surface area contributed by atoms with Gasteiger partial charge in [-0.25, -0.2) is 8.42 Å². The lowest BCUT2D eigenvalue weighted by Gasteiger charge is -2.19. The minimum absolute atomic E-state index is 0.137. The number of hydrogen-bond acceptors (Lipinski definition) is 4. The fourth-order valence-electron chi connectivity index (χ4n) is 1.77. The average Bonchev–Trinajstić information content (AvgIpc) is 2.49. The van der Waals surface area contributed by atoms with E-state index in [1.54, 1.807) is 24.3 Å². The number of carbonyl (C=O) groups is 1. The first kappa shape index (κ1) is 18.3. The van der Waals surface area contributed by atoms with Gasteiger partial charge in [0.15, 0.2) is 6.10 Å². The third-order valence-corrected chi connectivity index (χ3v) is 4.39. The molecule has 0 bridgehead atoms. The highest BCUT2D eigenvalue weighted by atomic mass is 32.2. The van der Waals surface area contributed by atoms with Crippen molar-refractivity contribution in [3.05, 3.63) is 24.3 Å². The molecule has 22 heavy (non-hydrogen) atoms. The maximum Gasteiger partial charge on any atom is 0.261 e. The molecular weight excluding hydrogens is 304 g/mol. The molecule has 1 N–H and O–H groups in total. The summed E-state index contributed by atoms with van der Waals surface area (Å²) < 4.78 is 29.8. The van der Waals surface area contributed by atoms with Crippen LogP contribution < -0.4 is 14.4 Å². The highest BCUT2D eigenvalue weighted by Crippen LogP contribution is 2.21. The van der Waals surface area contributed by atoms with Gasteiger partial charge in [0.25, 0.3) is 5.91 Å². The molecule has 7 heteroatoms. The summed E-state index contributed by atoms with van der Waals surface area (Å²) in [5.41, 5.74) is 0.540. The summed E-state index contributed by atoms with van der Waals surface area (Å²) in [6, 6.07) is 6.61. The van der Waals surface area contributed by atoms with Crippen LogP contribution in [-0.4, -0.2) is 40.3 Å². The van der Waals surface area contributed by atoms with E-state index in [1.165, 1.54) is 11.4 Å². The molecule has 0 fully saturated rings. The SMILES string of the molecule is CCCNC(=O)[C@H](CC)Oc1ccc(N(C)S(C)(=O)=O)cc1. The Morgan fingerprint density at radius 1 is 1.27 bits per heavy atom. The number of amides is 1. The molecule has 0 aromatic heterocycles. The predicted molar refractivity (Wildman–Crippen MR) is 87.7 cm³/mol. The summed E-state index contributed by atoms with van der Waals surface area (Å²) >= 11 is 0. The van der Waals surface area contributed by atoms with Crippen molar-refractivity contribution < 1.29 is 17.9 Å². The minimum Gasteiger partial charge on any atom is -0.481 e. The first-order chi connectivity index (χ1) is 10.3. The molecule has 1 atom stereocenters.